The van der Waals surface area contributed by atoms with E-state index in [2.05, 4.69) is 16.7 Å². The molecule has 1 rings (SSSR count). The van der Waals surface area contributed by atoms with Crippen molar-refractivity contribution in [3.05, 3.63) is 35.4 Å². The van der Waals surface area contributed by atoms with Gasteiger partial charge in [0.1, 0.15) is 0 Å². The number of carbonyl (C=O) groups is 2. The van der Waals surface area contributed by atoms with E-state index in [1.54, 1.807) is 18.2 Å². The molecule has 0 heterocycles. The highest BCUT2D eigenvalue weighted by molar-refractivity contribution is 6.00. The highest BCUT2D eigenvalue weighted by Gasteiger charge is 2.18. The van der Waals surface area contributed by atoms with Gasteiger partial charge in [-0.3, -0.25) is 9.59 Å². The van der Waals surface area contributed by atoms with Crippen molar-refractivity contribution >= 4 is 11.8 Å². The van der Waals surface area contributed by atoms with Crippen LogP contribution < -0.4 is 10.6 Å². The zero-order valence-electron chi connectivity index (χ0n) is 13.0. The smallest absolute Gasteiger partial charge is 0.251 e. The quantitative estimate of drug-likeness (QED) is 0.871. The fraction of sp³-hybridized carbons (Fsp3) is 0.500. The molecule has 2 N–H and O–H groups in total. The van der Waals surface area contributed by atoms with Crippen molar-refractivity contribution in [3.8, 4) is 0 Å². The minimum atomic E-state index is -0.319. The van der Waals surface area contributed by atoms with Gasteiger partial charge in [-0.25, -0.2) is 0 Å². The maximum atomic E-state index is 12.1. The third-order valence-electron chi connectivity index (χ3n) is 2.29. The normalized spacial score (nSPS) is 11.9. The Labute approximate surface area is 121 Å². The number of rotatable bonds is 2. The van der Waals surface area contributed by atoms with Crippen LogP contribution in [0.5, 0.6) is 0 Å². The Morgan fingerprint density at radius 3 is 1.50 bits per heavy atom. The molecule has 0 saturated heterocycles. The Balaban J connectivity index is 2.91. The second-order valence-corrected chi connectivity index (χ2v) is 6.92. The first-order valence-electron chi connectivity index (χ1n) is 6.64. The minimum Gasteiger partial charge on any atom is -0.347 e. The molecule has 0 saturated carbocycles. The lowest BCUT2D eigenvalue weighted by Crippen LogP contribution is -2.41. The molecule has 1 aromatic rings. The van der Waals surface area contributed by atoms with Crippen molar-refractivity contribution in [3.63, 3.8) is 0 Å². The van der Waals surface area contributed by atoms with Gasteiger partial charge in [-0.2, -0.15) is 0 Å². The van der Waals surface area contributed by atoms with E-state index in [-0.39, 0.29) is 22.9 Å². The lowest BCUT2D eigenvalue weighted by molar-refractivity contribution is 0.0918. The van der Waals surface area contributed by atoms with Gasteiger partial charge in [0.2, 0.25) is 0 Å². The molecule has 0 bridgehead atoms. The summed E-state index contributed by atoms with van der Waals surface area (Å²) in [5.41, 5.74) is 0.226. The summed E-state index contributed by atoms with van der Waals surface area (Å²) in [5.74, 6) is -0.418. The molecule has 0 aliphatic carbocycles. The molecular formula is C16H23N2O2. The van der Waals surface area contributed by atoms with Crippen LogP contribution in [0.2, 0.25) is 0 Å². The van der Waals surface area contributed by atoms with Crippen LogP contribution in [0.1, 0.15) is 62.3 Å². The predicted octanol–water partition coefficient (Wildman–Crippen LogP) is 2.54. The molecule has 1 radical (unpaired) electrons. The zero-order valence-corrected chi connectivity index (χ0v) is 13.0. The number of hydrogen-bond donors (Lipinski definition) is 2. The summed E-state index contributed by atoms with van der Waals surface area (Å²) in [7, 11) is 0. The molecule has 2 amide bonds. The second kappa shape index (κ2) is 5.65. The summed E-state index contributed by atoms with van der Waals surface area (Å²) in [4.78, 5) is 24.1. The van der Waals surface area contributed by atoms with Gasteiger partial charge in [-0.15, -0.1) is 0 Å². The van der Waals surface area contributed by atoms with Crippen LogP contribution >= 0.6 is 0 Å². The van der Waals surface area contributed by atoms with Gasteiger partial charge in [0, 0.05) is 22.2 Å². The Morgan fingerprint density at radius 2 is 1.20 bits per heavy atom. The number of amides is 2. The van der Waals surface area contributed by atoms with Crippen molar-refractivity contribution in [1.82, 2.24) is 10.6 Å². The monoisotopic (exact) mass is 275 g/mol. The van der Waals surface area contributed by atoms with Gasteiger partial charge in [0.15, 0.2) is 0 Å². The summed E-state index contributed by atoms with van der Waals surface area (Å²) in [6.07, 6.45) is 0. The van der Waals surface area contributed by atoms with Gasteiger partial charge >= 0.3 is 0 Å². The second-order valence-electron chi connectivity index (χ2n) is 6.92. The van der Waals surface area contributed by atoms with E-state index in [9.17, 15) is 9.59 Å². The number of nitrogens with one attached hydrogen (secondary N) is 2. The molecule has 20 heavy (non-hydrogen) atoms. The first kappa shape index (κ1) is 16.2. The van der Waals surface area contributed by atoms with Gasteiger partial charge < -0.3 is 10.6 Å². The van der Waals surface area contributed by atoms with E-state index >= 15 is 0 Å². The van der Waals surface area contributed by atoms with Crippen molar-refractivity contribution in [2.24, 2.45) is 0 Å². The fourth-order valence-electron chi connectivity index (χ4n) is 1.56. The molecule has 0 fully saturated rings. The maximum absolute atomic E-state index is 12.1. The molecular weight excluding hydrogens is 252 g/mol. The first-order valence-corrected chi connectivity index (χ1v) is 6.64. The Hall–Kier alpha value is -1.84. The van der Waals surface area contributed by atoms with E-state index in [1.165, 1.54) is 0 Å². The molecule has 4 nitrogen and oxygen atoms in total. The van der Waals surface area contributed by atoms with Crippen LogP contribution in [-0.2, 0) is 0 Å². The number of benzene rings is 1. The van der Waals surface area contributed by atoms with Crippen molar-refractivity contribution < 1.29 is 9.59 Å². The summed E-state index contributed by atoms with van der Waals surface area (Å²) in [6, 6.07) is 7.58. The number of hydrogen-bond acceptors (Lipinski definition) is 2. The lowest BCUT2D eigenvalue weighted by atomic mass is 10.0. The predicted molar refractivity (Wildman–Crippen MR) is 79.7 cm³/mol. The third kappa shape index (κ3) is 5.43. The molecule has 0 atom stereocenters. The van der Waals surface area contributed by atoms with E-state index in [4.69, 9.17) is 0 Å². The van der Waals surface area contributed by atoms with E-state index < -0.39 is 0 Å². The minimum absolute atomic E-state index is 0.209. The Bertz CT molecular complexity index is 465. The number of carbonyl (C=O) groups excluding carboxylic acids is 2. The van der Waals surface area contributed by atoms with Gasteiger partial charge in [0.25, 0.3) is 11.8 Å². The standard InChI is InChI=1S/C16H23N2O2/c1-15(2,3)17-13(19)11-8-7-9-12(10-11)14(20)18-16(4,5)6/h8-10H,1-6H3,(H,17,19)(H,18,20). The molecule has 0 unspecified atom stereocenters. The van der Waals surface area contributed by atoms with Crippen molar-refractivity contribution in [2.75, 3.05) is 0 Å². The van der Waals surface area contributed by atoms with Crippen molar-refractivity contribution in [1.29, 1.82) is 0 Å². The summed E-state index contributed by atoms with van der Waals surface area (Å²) < 4.78 is 0. The van der Waals surface area contributed by atoms with Crippen LogP contribution in [0, 0.1) is 6.07 Å². The maximum Gasteiger partial charge on any atom is 0.251 e. The van der Waals surface area contributed by atoms with E-state index in [1.807, 2.05) is 41.5 Å². The molecule has 0 aliphatic heterocycles. The topological polar surface area (TPSA) is 58.2 Å². The van der Waals surface area contributed by atoms with E-state index in [0.717, 1.165) is 0 Å². The van der Waals surface area contributed by atoms with Gasteiger partial charge in [-0.05, 0) is 65.8 Å². The van der Waals surface area contributed by atoms with Crippen LogP contribution in [0.25, 0.3) is 0 Å². The molecule has 1 aromatic carbocycles. The SMILES string of the molecule is CC(C)(C)NC(=O)c1c[c]cc(C(=O)NC(C)(C)C)c1. The van der Waals surface area contributed by atoms with Crippen molar-refractivity contribution in [2.45, 2.75) is 52.6 Å². The van der Waals surface area contributed by atoms with Crippen LogP contribution in [0.4, 0.5) is 0 Å². The zero-order chi connectivity index (χ0) is 15.6. The highest BCUT2D eigenvalue weighted by atomic mass is 16.2. The highest BCUT2D eigenvalue weighted by Crippen LogP contribution is 2.09. The lowest BCUT2D eigenvalue weighted by Gasteiger charge is -2.21. The molecule has 0 aromatic heterocycles. The Kier molecular flexibility index (Phi) is 4.58. The average Bonchev–Trinajstić information content (AvgIpc) is 2.24. The van der Waals surface area contributed by atoms with Gasteiger partial charge in [-0.1, -0.05) is 0 Å². The molecule has 109 valence electrons. The molecule has 4 heteroatoms. The van der Waals surface area contributed by atoms with Crippen LogP contribution in [0.15, 0.2) is 18.2 Å². The first-order chi connectivity index (χ1) is 8.98. The average molecular weight is 275 g/mol. The molecule has 0 spiro atoms. The Morgan fingerprint density at radius 1 is 0.850 bits per heavy atom. The summed E-state index contributed by atoms with van der Waals surface area (Å²) >= 11 is 0. The summed E-state index contributed by atoms with van der Waals surface area (Å²) in [5, 5.41) is 5.72. The van der Waals surface area contributed by atoms with Gasteiger partial charge in [0.05, 0.1) is 0 Å². The fourth-order valence-corrected chi connectivity index (χ4v) is 1.56. The third-order valence-corrected chi connectivity index (χ3v) is 2.29. The van der Waals surface area contributed by atoms with Crippen LogP contribution in [-0.4, -0.2) is 22.9 Å². The largest absolute Gasteiger partial charge is 0.347 e. The molecule has 0 aliphatic rings. The van der Waals surface area contributed by atoms with Crippen LogP contribution in [0.3, 0.4) is 0 Å². The van der Waals surface area contributed by atoms with E-state index in [0.29, 0.717) is 11.1 Å². The summed E-state index contributed by atoms with van der Waals surface area (Å²) in [6.45, 7) is 11.4.